The largest absolute Gasteiger partial charge is 0.269 e. The van der Waals surface area contributed by atoms with Gasteiger partial charge in [-0.05, 0) is 37.2 Å². The average Bonchev–Trinajstić information content (AvgIpc) is 2.94. The summed E-state index contributed by atoms with van der Waals surface area (Å²) >= 11 is 0. The van der Waals surface area contributed by atoms with E-state index in [0.29, 0.717) is 0 Å². The minimum absolute atomic E-state index is 0.725. The van der Waals surface area contributed by atoms with Gasteiger partial charge < -0.3 is 0 Å². The van der Waals surface area contributed by atoms with Crippen LogP contribution in [0.1, 0.15) is 63.5 Å². The summed E-state index contributed by atoms with van der Waals surface area (Å²) in [5, 5.41) is 4.45. The van der Waals surface area contributed by atoms with Crippen LogP contribution in [0.4, 0.5) is 0 Å². The second-order valence-corrected chi connectivity index (χ2v) is 4.38. The molecule has 1 unspecified atom stereocenters. The zero-order valence-electron chi connectivity index (χ0n) is 9.24. The second-order valence-electron chi connectivity index (χ2n) is 4.38. The first-order chi connectivity index (χ1) is 6.85. The molecule has 1 atom stereocenters. The van der Waals surface area contributed by atoms with Gasteiger partial charge in [0.2, 0.25) is 0 Å². The maximum Gasteiger partial charge on any atom is 0.0524 e. The molecule has 78 valence electrons. The highest BCUT2D eigenvalue weighted by Gasteiger charge is 2.24. The molecule has 1 heterocycles. The standard InChI is InChI=1S/C12H20N2/c1-3-5-10(4-2)11-8-13-14(9-11)12-6-7-12/h8-10,12H,3-7H2,1-2H3. The highest BCUT2D eigenvalue weighted by Crippen LogP contribution is 2.35. The van der Waals surface area contributed by atoms with Crippen LogP contribution < -0.4 is 0 Å². The SMILES string of the molecule is CCCC(CC)c1cnn(C2CC2)c1. The number of hydrogen-bond acceptors (Lipinski definition) is 1. The van der Waals surface area contributed by atoms with Gasteiger partial charge in [0, 0.05) is 6.20 Å². The molecule has 14 heavy (non-hydrogen) atoms. The van der Waals surface area contributed by atoms with Crippen molar-refractivity contribution in [3.8, 4) is 0 Å². The van der Waals surface area contributed by atoms with E-state index in [4.69, 9.17) is 0 Å². The van der Waals surface area contributed by atoms with E-state index < -0.39 is 0 Å². The van der Waals surface area contributed by atoms with Crippen LogP contribution in [-0.2, 0) is 0 Å². The summed E-state index contributed by atoms with van der Waals surface area (Å²) in [5.41, 5.74) is 1.45. The summed E-state index contributed by atoms with van der Waals surface area (Å²) in [5.74, 6) is 0.729. The number of hydrogen-bond donors (Lipinski definition) is 0. The van der Waals surface area contributed by atoms with Gasteiger partial charge in [-0.15, -0.1) is 0 Å². The number of rotatable bonds is 5. The Kier molecular flexibility index (Phi) is 2.90. The molecule has 1 aromatic heterocycles. The first-order valence-electron chi connectivity index (χ1n) is 5.89. The van der Waals surface area contributed by atoms with Crippen LogP contribution in [0.5, 0.6) is 0 Å². The van der Waals surface area contributed by atoms with Crippen molar-refractivity contribution in [2.45, 2.75) is 57.9 Å². The fourth-order valence-electron chi connectivity index (χ4n) is 2.06. The van der Waals surface area contributed by atoms with E-state index in [0.717, 1.165) is 12.0 Å². The molecule has 0 N–H and O–H groups in total. The lowest BCUT2D eigenvalue weighted by Crippen LogP contribution is -1.96. The topological polar surface area (TPSA) is 17.8 Å². The lowest BCUT2D eigenvalue weighted by atomic mass is 9.95. The van der Waals surface area contributed by atoms with Crippen LogP contribution in [0, 0.1) is 0 Å². The number of nitrogens with zero attached hydrogens (tertiary/aromatic N) is 2. The van der Waals surface area contributed by atoms with E-state index in [-0.39, 0.29) is 0 Å². The fourth-order valence-corrected chi connectivity index (χ4v) is 2.06. The molecule has 0 spiro atoms. The Morgan fingerprint density at radius 3 is 2.86 bits per heavy atom. The molecule has 1 aliphatic carbocycles. The van der Waals surface area contributed by atoms with Crippen molar-refractivity contribution in [2.75, 3.05) is 0 Å². The quantitative estimate of drug-likeness (QED) is 0.698. The van der Waals surface area contributed by atoms with E-state index in [2.05, 4.69) is 36.0 Å². The van der Waals surface area contributed by atoms with Crippen molar-refractivity contribution in [1.82, 2.24) is 9.78 Å². The third-order valence-electron chi connectivity index (χ3n) is 3.14. The number of aromatic nitrogens is 2. The lowest BCUT2D eigenvalue weighted by molar-refractivity contribution is 0.592. The second kappa shape index (κ2) is 4.16. The van der Waals surface area contributed by atoms with E-state index in [1.807, 2.05) is 0 Å². The molecule has 1 fully saturated rings. The minimum Gasteiger partial charge on any atom is -0.269 e. The molecule has 1 saturated carbocycles. The Labute approximate surface area is 86.3 Å². The van der Waals surface area contributed by atoms with Gasteiger partial charge in [-0.2, -0.15) is 5.10 Å². The molecular weight excluding hydrogens is 172 g/mol. The molecule has 2 nitrogen and oxygen atoms in total. The van der Waals surface area contributed by atoms with Crippen molar-refractivity contribution in [3.05, 3.63) is 18.0 Å². The Bertz CT molecular complexity index is 286. The normalized spacial score (nSPS) is 18.4. The molecule has 0 amide bonds. The van der Waals surface area contributed by atoms with Crippen molar-refractivity contribution < 1.29 is 0 Å². The highest BCUT2D eigenvalue weighted by atomic mass is 15.3. The average molecular weight is 192 g/mol. The minimum atomic E-state index is 0.725. The van der Waals surface area contributed by atoms with Gasteiger partial charge >= 0.3 is 0 Å². The van der Waals surface area contributed by atoms with Crippen LogP contribution in [0.25, 0.3) is 0 Å². The van der Waals surface area contributed by atoms with Gasteiger partial charge in [-0.3, -0.25) is 4.68 Å². The lowest BCUT2D eigenvalue weighted by Gasteiger charge is -2.10. The maximum absolute atomic E-state index is 4.45. The molecule has 0 saturated heterocycles. The van der Waals surface area contributed by atoms with Crippen molar-refractivity contribution in [2.24, 2.45) is 0 Å². The van der Waals surface area contributed by atoms with Gasteiger partial charge in [0.05, 0.1) is 12.2 Å². The van der Waals surface area contributed by atoms with Gasteiger partial charge in [-0.1, -0.05) is 20.3 Å². The Balaban J connectivity index is 2.05. The van der Waals surface area contributed by atoms with Gasteiger partial charge in [0.1, 0.15) is 0 Å². The summed E-state index contributed by atoms with van der Waals surface area (Å²) in [6, 6.07) is 0.725. The first kappa shape index (κ1) is 9.75. The summed E-state index contributed by atoms with van der Waals surface area (Å²) in [7, 11) is 0. The van der Waals surface area contributed by atoms with Gasteiger partial charge in [-0.25, -0.2) is 0 Å². The van der Waals surface area contributed by atoms with Crippen LogP contribution in [0.3, 0.4) is 0 Å². The Morgan fingerprint density at radius 2 is 2.29 bits per heavy atom. The zero-order chi connectivity index (χ0) is 9.97. The molecule has 2 heteroatoms. The van der Waals surface area contributed by atoms with E-state index in [1.54, 1.807) is 0 Å². The van der Waals surface area contributed by atoms with Crippen LogP contribution in [0.2, 0.25) is 0 Å². The van der Waals surface area contributed by atoms with E-state index >= 15 is 0 Å². The highest BCUT2D eigenvalue weighted by molar-refractivity contribution is 5.12. The first-order valence-corrected chi connectivity index (χ1v) is 5.89. The van der Waals surface area contributed by atoms with Gasteiger partial charge in [0.25, 0.3) is 0 Å². The van der Waals surface area contributed by atoms with Gasteiger partial charge in [0.15, 0.2) is 0 Å². The molecule has 1 aliphatic rings. The predicted octanol–water partition coefficient (Wildman–Crippen LogP) is 3.51. The van der Waals surface area contributed by atoms with Crippen molar-refractivity contribution in [1.29, 1.82) is 0 Å². The summed E-state index contributed by atoms with van der Waals surface area (Å²) in [6.45, 7) is 4.53. The van der Waals surface area contributed by atoms with E-state index in [1.165, 1.54) is 37.7 Å². The van der Waals surface area contributed by atoms with Crippen LogP contribution in [-0.4, -0.2) is 9.78 Å². The van der Waals surface area contributed by atoms with Crippen molar-refractivity contribution in [3.63, 3.8) is 0 Å². The monoisotopic (exact) mass is 192 g/mol. The Hall–Kier alpha value is -0.790. The molecule has 2 rings (SSSR count). The predicted molar refractivity (Wildman–Crippen MR) is 58.4 cm³/mol. The molecule has 0 radical (unpaired) electrons. The van der Waals surface area contributed by atoms with Crippen molar-refractivity contribution >= 4 is 0 Å². The zero-order valence-corrected chi connectivity index (χ0v) is 9.24. The van der Waals surface area contributed by atoms with E-state index in [9.17, 15) is 0 Å². The Morgan fingerprint density at radius 1 is 1.50 bits per heavy atom. The molecule has 0 bridgehead atoms. The van der Waals surface area contributed by atoms with Crippen LogP contribution in [0.15, 0.2) is 12.4 Å². The smallest absolute Gasteiger partial charge is 0.0524 e. The third-order valence-corrected chi connectivity index (χ3v) is 3.14. The summed E-state index contributed by atoms with van der Waals surface area (Å²) in [4.78, 5) is 0. The molecular formula is C12H20N2. The summed E-state index contributed by atoms with van der Waals surface area (Å²) < 4.78 is 2.16. The molecule has 0 aliphatic heterocycles. The summed E-state index contributed by atoms with van der Waals surface area (Å²) in [6.07, 6.45) is 10.8. The molecule has 1 aromatic rings. The molecule has 0 aromatic carbocycles. The third kappa shape index (κ3) is 1.99. The maximum atomic E-state index is 4.45. The van der Waals surface area contributed by atoms with Crippen LogP contribution >= 0.6 is 0 Å². The fraction of sp³-hybridized carbons (Fsp3) is 0.750.